The van der Waals surface area contributed by atoms with Crippen LogP contribution in [-0.2, 0) is 0 Å². The number of hydrogen-bond acceptors (Lipinski definition) is 3. The second kappa shape index (κ2) is 5.82. The van der Waals surface area contributed by atoms with Gasteiger partial charge in [0.15, 0.2) is 0 Å². The van der Waals surface area contributed by atoms with E-state index in [1.165, 1.54) is 6.07 Å². The summed E-state index contributed by atoms with van der Waals surface area (Å²) < 4.78 is 20.0. The first kappa shape index (κ1) is 13.5. The highest BCUT2D eigenvalue weighted by molar-refractivity contribution is 9.10. The third-order valence-electron chi connectivity index (χ3n) is 2.53. The van der Waals surface area contributed by atoms with E-state index in [4.69, 9.17) is 10.5 Å². The van der Waals surface area contributed by atoms with Crippen LogP contribution in [-0.4, -0.2) is 6.54 Å². The zero-order valence-electron chi connectivity index (χ0n) is 9.82. The van der Waals surface area contributed by atoms with Crippen molar-refractivity contribution in [1.82, 2.24) is 0 Å². The van der Waals surface area contributed by atoms with Gasteiger partial charge < -0.3 is 10.5 Å². The predicted octanol–water partition coefficient (Wildman–Crippen LogP) is 4.04. The minimum absolute atomic E-state index is 0.203. The van der Waals surface area contributed by atoms with E-state index >= 15 is 0 Å². The van der Waals surface area contributed by atoms with Gasteiger partial charge in [0, 0.05) is 21.3 Å². The number of hydrogen-bond donors (Lipinski definition) is 1. The molecule has 0 spiro atoms. The Morgan fingerprint density at radius 3 is 2.78 bits per heavy atom. The van der Waals surface area contributed by atoms with Crippen molar-refractivity contribution >= 4 is 27.3 Å². The molecule has 2 rings (SSSR count). The van der Waals surface area contributed by atoms with Gasteiger partial charge in [0.25, 0.3) is 0 Å². The predicted molar refractivity (Wildman–Crippen MR) is 75.6 cm³/mol. The third kappa shape index (κ3) is 3.10. The van der Waals surface area contributed by atoms with Gasteiger partial charge in [-0.05, 0) is 52.7 Å². The maximum absolute atomic E-state index is 13.2. The van der Waals surface area contributed by atoms with Crippen LogP contribution in [0.5, 0.6) is 5.75 Å². The van der Waals surface area contributed by atoms with E-state index in [0.29, 0.717) is 17.9 Å². The molecular weight excluding hydrogens is 317 g/mol. The summed E-state index contributed by atoms with van der Waals surface area (Å²) in [5.74, 6) is 0.402. The van der Waals surface area contributed by atoms with Crippen LogP contribution in [0.1, 0.15) is 16.5 Å². The fraction of sp³-hybridized carbons (Fsp3) is 0.231. The first-order valence-electron chi connectivity index (χ1n) is 5.47. The Kier molecular flexibility index (Phi) is 4.37. The number of ether oxygens (including phenoxy) is 1. The molecule has 0 radical (unpaired) electrons. The monoisotopic (exact) mass is 329 g/mol. The topological polar surface area (TPSA) is 35.2 Å². The van der Waals surface area contributed by atoms with Crippen LogP contribution in [0.3, 0.4) is 0 Å². The molecule has 5 heteroatoms. The number of halogens is 2. The van der Waals surface area contributed by atoms with Gasteiger partial charge in [-0.3, -0.25) is 0 Å². The van der Waals surface area contributed by atoms with Crippen molar-refractivity contribution in [3.63, 3.8) is 0 Å². The van der Waals surface area contributed by atoms with Crippen LogP contribution in [0.2, 0.25) is 0 Å². The Labute approximate surface area is 118 Å². The number of thiophene rings is 1. The molecule has 96 valence electrons. The first-order valence-corrected chi connectivity index (χ1v) is 7.14. The van der Waals surface area contributed by atoms with Gasteiger partial charge >= 0.3 is 0 Å². The van der Waals surface area contributed by atoms with Gasteiger partial charge in [-0.15, -0.1) is 11.3 Å². The lowest BCUT2D eigenvalue weighted by Gasteiger charge is -2.16. The number of benzene rings is 1. The fourth-order valence-corrected chi connectivity index (χ4v) is 3.06. The van der Waals surface area contributed by atoms with Gasteiger partial charge in [-0.2, -0.15) is 0 Å². The normalized spacial score (nSPS) is 12.4. The highest BCUT2D eigenvalue weighted by atomic mass is 79.9. The van der Waals surface area contributed by atoms with Crippen molar-refractivity contribution in [3.05, 3.63) is 50.4 Å². The minimum Gasteiger partial charge on any atom is -0.484 e. The number of rotatable bonds is 4. The quantitative estimate of drug-likeness (QED) is 0.918. The molecule has 0 bridgehead atoms. The van der Waals surface area contributed by atoms with Gasteiger partial charge in [0.2, 0.25) is 0 Å². The first-order chi connectivity index (χ1) is 8.60. The van der Waals surface area contributed by atoms with Crippen molar-refractivity contribution in [2.45, 2.75) is 13.0 Å². The van der Waals surface area contributed by atoms with E-state index in [1.54, 1.807) is 30.4 Å². The third-order valence-corrected chi connectivity index (χ3v) is 4.31. The van der Waals surface area contributed by atoms with E-state index in [9.17, 15) is 4.39 Å². The fourth-order valence-electron chi connectivity index (χ4n) is 1.57. The smallest absolute Gasteiger partial charge is 0.145 e. The number of nitrogens with two attached hydrogens (primary N) is 1. The van der Waals surface area contributed by atoms with Crippen molar-refractivity contribution in [1.29, 1.82) is 0 Å². The van der Waals surface area contributed by atoms with E-state index in [2.05, 4.69) is 15.9 Å². The summed E-state index contributed by atoms with van der Waals surface area (Å²) in [5.41, 5.74) is 6.29. The van der Waals surface area contributed by atoms with E-state index < -0.39 is 0 Å². The summed E-state index contributed by atoms with van der Waals surface area (Å²) in [4.78, 5) is 1.05. The lowest BCUT2D eigenvalue weighted by Crippen LogP contribution is -2.17. The average molecular weight is 330 g/mol. The second-order valence-electron chi connectivity index (χ2n) is 3.92. The summed E-state index contributed by atoms with van der Waals surface area (Å²) >= 11 is 4.98. The zero-order valence-corrected chi connectivity index (χ0v) is 12.2. The minimum atomic E-state index is -0.231. The van der Waals surface area contributed by atoms with Crippen LogP contribution in [0.25, 0.3) is 0 Å². The lowest BCUT2D eigenvalue weighted by atomic mass is 10.2. The van der Waals surface area contributed by atoms with Crippen LogP contribution in [0.4, 0.5) is 4.39 Å². The van der Waals surface area contributed by atoms with Crippen LogP contribution < -0.4 is 10.5 Å². The molecule has 0 fully saturated rings. The Morgan fingerprint density at radius 1 is 1.44 bits per heavy atom. The van der Waals surface area contributed by atoms with Crippen LogP contribution >= 0.6 is 27.3 Å². The SMILES string of the molecule is Cc1cc(OC(CN)c2cc(Br)cs2)ccc1F. The lowest BCUT2D eigenvalue weighted by molar-refractivity contribution is 0.217. The Morgan fingerprint density at radius 2 is 2.22 bits per heavy atom. The largest absolute Gasteiger partial charge is 0.484 e. The van der Waals surface area contributed by atoms with E-state index in [-0.39, 0.29) is 11.9 Å². The molecule has 1 aromatic heterocycles. The summed E-state index contributed by atoms with van der Waals surface area (Å²) in [5, 5.41) is 1.98. The maximum atomic E-state index is 13.2. The molecule has 18 heavy (non-hydrogen) atoms. The molecule has 0 aliphatic rings. The maximum Gasteiger partial charge on any atom is 0.145 e. The molecular formula is C13H13BrFNOS. The summed E-state index contributed by atoms with van der Waals surface area (Å²) in [7, 11) is 0. The highest BCUT2D eigenvalue weighted by Gasteiger charge is 2.14. The molecule has 1 unspecified atom stereocenters. The van der Waals surface area contributed by atoms with Crippen molar-refractivity contribution in [2.75, 3.05) is 6.54 Å². The average Bonchev–Trinajstić information content (AvgIpc) is 2.77. The molecule has 2 nitrogen and oxygen atoms in total. The summed E-state index contributed by atoms with van der Waals surface area (Å²) in [6.07, 6.45) is -0.203. The Bertz CT molecular complexity index is 544. The molecule has 0 saturated heterocycles. The summed E-state index contributed by atoms with van der Waals surface area (Å²) in [6, 6.07) is 6.69. The highest BCUT2D eigenvalue weighted by Crippen LogP contribution is 2.29. The van der Waals surface area contributed by atoms with Gasteiger partial charge in [-0.25, -0.2) is 4.39 Å². The van der Waals surface area contributed by atoms with Crippen LogP contribution in [0, 0.1) is 12.7 Å². The molecule has 0 amide bonds. The molecule has 1 aromatic carbocycles. The standard InChI is InChI=1S/C13H13BrFNOS/c1-8-4-10(2-3-11(8)15)17-12(6-16)13-5-9(14)7-18-13/h2-5,7,12H,6,16H2,1H3. The zero-order chi connectivity index (χ0) is 13.1. The second-order valence-corrected chi connectivity index (χ2v) is 5.78. The van der Waals surface area contributed by atoms with E-state index in [0.717, 1.165) is 9.35 Å². The van der Waals surface area contributed by atoms with E-state index in [1.807, 2.05) is 11.4 Å². The van der Waals surface area contributed by atoms with Gasteiger partial charge in [0.05, 0.1) is 0 Å². The summed E-state index contributed by atoms with van der Waals surface area (Å²) in [6.45, 7) is 2.09. The van der Waals surface area contributed by atoms with Crippen molar-refractivity contribution in [3.8, 4) is 5.75 Å². The molecule has 0 aliphatic heterocycles. The van der Waals surface area contributed by atoms with Crippen molar-refractivity contribution < 1.29 is 9.13 Å². The Hall–Kier alpha value is -0.910. The molecule has 2 aromatic rings. The molecule has 1 atom stereocenters. The van der Waals surface area contributed by atoms with Gasteiger partial charge in [0.1, 0.15) is 17.7 Å². The molecule has 1 heterocycles. The molecule has 2 N–H and O–H groups in total. The van der Waals surface area contributed by atoms with Gasteiger partial charge in [-0.1, -0.05) is 0 Å². The number of aryl methyl sites for hydroxylation is 1. The Balaban J connectivity index is 2.17. The molecule has 0 saturated carbocycles. The van der Waals surface area contributed by atoms with Crippen molar-refractivity contribution in [2.24, 2.45) is 5.73 Å². The van der Waals surface area contributed by atoms with Crippen LogP contribution in [0.15, 0.2) is 34.1 Å². The molecule has 0 aliphatic carbocycles.